The maximum absolute atomic E-state index is 11.8. The van der Waals surface area contributed by atoms with Crippen molar-refractivity contribution in [2.75, 3.05) is 20.3 Å². The van der Waals surface area contributed by atoms with E-state index in [-0.39, 0.29) is 11.6 Å². The fraction of sp³-hybridized carbons (Fsp3) is 0.364. The SMILES string of the molecule is COCCCNC(=O)c1cc([N+](=O)[O-])ccc1I. The molecule has 0 atom stereocenters. The highest BCUT2D eigenvalue weighted by molar-refractivity contribution is 14.1. The lowest BCUT2D eigenvalue weighted by molar-refractivity contribution is -0.384. The smallest absolute Gasteiger partial charge is 0.270 e. The molecule has 0 saturated carbocycles. The minimum absolute atomic E-state index is 0.0857. The van der Waals surface area contributed by atoms with Gasteiger partial charge in [0.15, 0.2) is 0 Å². The number of rotatable bonds is 6. The van der Waals surface area contributed by atoms with Crippen LogP contribution in [0.5, 0.6) is 0 Å². The summed E-state index contributed by atoms with van der Waals surface area (Å²) in [6, 6.07) is 4.22. The molecule has 0 heterocycles. The molecule has 0 unspecified atom stereocenters. The molecule has 18 heavy (non-hydrogen) atoms. The van der Waals surface area contributed by atoms with Gasteiger partial charge < -0.3 is 10.1 Å². The van der Waals surface area contributed by atoms with Crippen LogP contribution in [0.4, 0.5) is 5.69 Å². The lowest BCUT2D eigenvalue weighted by Gasteiger charge is -2.06. The van der Waals surface area contributed by atoms with Crippen LogP contribution in [-0.4, -0.2) is 31.1 Å². The molecule has 0 aliphatic carbocycles. The number of carbonyl (C=O) groups is 1. The Hall–Kier alpha value is -1.22. The zero-order valence-electron chi connectivity index (χ0n) is 9.81. The molecule has 0 aromatic heterocycles. The van der Waals surface area contributed by atoms with Gasteiger partial charge in [0, 0.05) is 36.0 Å². The Morgan fingerprint density at radius 3 is 2.89 bits per heavy atom. The molecule has 98 valence electrons. The number of nitro groups is 1. The maximum Gasteiger partial charge on any atom is 0.270 e. The third kappa shape index (κ3) is 4.22. The highest BCUT2D eigenvalue weighted by Crippen LogP contribution is 2.19. The zero-order chi connectivity index (χ0) is 13.5. The summed E-state index contributed by atoms with van der Waals surface area (Å²) in [4.78, 5) is 21.9. The topological polar surface area (TPSA) is 81.5 Å². The van der Waals surface area contributed by atoms with Crippen LogP contribution in [0.25, 0.3) is 0 Å². The van der Waals surface area contributed by atoms with E-state index in [1.807, 2.05) is 22.6 Å². The highest BCUT2D eigenvalue weighted by Gasteiger charge is 2.14. The Kier molecular flexibility index (Phi) is 5.99. The van der Waals surface area contributed by atoms with Crippen molar-refractivity contribution in [1.82, 2.24) is 5.32 Å². The number of methoxy groups -OCH3 is 1. The molecule has 1 rings (SSSR count). The second-order valence-corrected chi connectivity index (χ2v) is 4.69. The van der Waals surface area contributed by atoms with Crippen LogP contribution in [0.2, 0.25) is 0 Å². The lowest BCUT2D eigenvalue weighted by Crippen LogP contribution is -2.26. The van der Waals surface area contributed by atoms with E-state index in [1.165, 1.54) is 12.1 Å². The van der Waals surface area contributed by atoms with Gasteiger partial charge in [-0.15, -0.1) is 0 Å². The van der Waals surface area contributed by atoms with E-state index in [4.69, 9.17) is 4.74 Å². The van der Waals surface area contributed by atoms with Gasteiger partial charge in [-0.1, -0.05) is 0 Å². The first kappa shape index (κ1) is 14.8. The first-order chi connectivity index (χ1) is 8.56. The fourth-order valence-electron chi connectivity index (χ4n) is 1.31. The Morgan fingerprint density at radius 2 is 2.28 bits per heavy atom. The first-order valence-corrected chi connectivity index (χ1v) is 6.35. The molecule has 1 amide bonds. The Bertz CT molecular complexity index is 451. The van der Waals surface area contributed by atoms with Crippen molar-refractivity contribution in [2.24, 2.45) is 0 Å². The van der Waals surface area contributed by atoms with E-state index in [1.54, 1.807) is 13.2 Å². The molecule has 1 N–H and O–H groups in total. The third-order valence-electron chi connectivity index (χ3n) is 2.22. The third-order valence-corrected chi connectivity index (χ3v) is 3.16. The van der Waals surface area contributed by atoms with Gasteiger partial charge in [-0.2, -0.15) is 0 Å². The summed E-state index contributed by atoms with van der Waals surface area (Å²) in [6.07, 6.45) is 0.702. The predicted octanol–water partition coefficient (Wildman–Crippen LogP) is 1.97. The number of nitrogens with zero attached hydrogens (tertiary/aromatic N) is 1. The van der Waals surface area contributed by atoms with Gasteiger partial charge in [0.05, 0.1) is 10.5 Å². The van der Waals surface area contributed by atoms with Crippen LogP contribution in [-0.2, 0) is 4.74 Å². The first-order valence-electron chi connectivity index (χ1n) is 5.27. The van der Waals surface area contributed by atoms with Gasteiger partial charge in [0.25, 0.3) is 11.6 Å². The predicted molar refractivity (Wildman–Crippen MR) is 74.6 cm³/mol. The van der Waals surface area contributed by atoms with E-state index in [9.17, 15) is 14.9 Å². The fourth-order valence-corrected chi connectivity index (χ4v) is 1.89. The second kappa shape index (κ2) is 7.27. The molecule has 0 spiro atoms. The lowest BCUT2D eigenvalue weighted by atomic mass is 10.2. The van der Waals surface area contributed by atoms with Gasteiger partial charge in [-0.3, -0.25) is 14.9 Å². The summed E-state index contributed by atoms with van der Waals surface area (Å²) in [5, 5.41) is 13.3. The number of hydrogen-bond acceptors (Lipinski definition) is 4. The molecule has 0 aliphatic heterocycles. The molecule has 0 radical (unpaired) electrons. The van der Waals surface area contributed by atoms with E-state index in [0.29, 0.717) is 28.7 Å². The molecule has 7 heteroatoms. The number of carbonyl (C=O) groups excluding carboxylic acids is 1. The van der Waals surface area contributed by atoms with Gasteiger partial charge in [-0.05, 0) is 35.1 Å². The number of benzene rings is 1. The van der Waals surface area contributed by atoms with Crippen molar-refractivity contribution >= 4 is 34.2 Å². The van der Waals surface area contributed by atoms with Crippen LogP contribution in [0, 0.1) is 13.7 Å². The monoisotopic (exact) mass is 364 g/mol. The molecule has 1 aromatic carbocycles. The van der Waals surface area contributed by atoms with Crippen molar-refractivity contribution in [2.45, 2.75) is 6.42 Å². The molecule has 0 fully saturated rings. The summed E-state index contributed by atoms with van der Waals surface area (Å²) < 4.78 is 5.54. The number of amides is 1. The normalized spacial score (nSPS) is 10.1. The van der Waals surface area contributed by atoms with Crippen LogP contribution in [0.15, 0.2) is 18.2 Å². The minimum atomic E-state index is -0.516. The minimum Gasteiger partial charge on any atom is -0.385 e. The molecule has 6 nitrogen and oxygen atoms in total. The quantitative estimate of drug-likeness (QED) is 0.362. The molecular weight excluding hydrogens is 351 g/mol. The Balaban J connectivity index is 2.72. The Morgan fingerprint density at radius 1 is 1.56 bits per heavy atom. The van der Waals surface area contributed by atoms with Gasteiger partial charge in [0.2, 0.25) is 0 Å². The molecular formula is C11H13IN2O4. The van der Waals surface area contributed by atoms with Crippen LogP contribution in [0.1, 0.15) is 16.8 Å². The van der Waals surface area contributed by atoms with Crippen molar-refractivity contribution in [1.29, 1.82) is 0 Å². The van der Waals surface area contributed by atoms with E-state index >= 15 is 0 Å². The summed E-state index contributed by atoms with van der Waals surface area (Å²) in [6.45, 7) is 1.04. The van der Waals surface area contributed by atoms with Crippen molar-refractivity contribution in [3.63, 3.8) is 0 Å². The van der Waals surface area contributed by atoms with E-state index in [2.05, 4.69) is 5.32 Å². The molecule has 0 saturated heterocycles. The summed E-state index contributed by atoms with van der Waals surface area (Å²) >= 11 is 1.98. The standard InChI is InChI=1S/C11H13IN2O4/c1-18-6-2-5-13-11(15)9-7-8(14(16)17)3-4-10(9)12/h3-4,7H,2,5-6H2,1H3,(H,13,15). The van der Waals surface area contributed by atoms with Crippen LogP contribution >= 0.6 is 22.6 Å². The number of nitro benzene ring substituents is 1. The van der Waals surface area contributed by atoms with Gasteiger partial charge >= 0.3 is 0 Å². The summed E-state index contributed by atoms with van der Waals surface area (Å²) in [5.74, 6) is -0.306. The Labute approximate surface area is 118 Å². The van der Waals surface area contributed by atoms with Gasteiger partial charge in [-0.25, -0.2) is 0 Å². The van der Waals surface area contributed by atoms with Gasteiger partial charge in [0.1, 0.15) is 0 Å². The molecule has 0 aliphatic rings. The maximum atomic E-state index is 11.8. The van der Waals surface area contributed by atoms with Crippen LogP contribution in [0.3, 0.4) is 0 Å². The number of halogens is 1. The van der Waals surface area contributed by atoms with Crippen LogP contribution < -0.4 is 5.32 Å². The number of hydrogen-bond donors (Lipinski definition) is 1. The molecule has 0 bridgehead atoms. The summed E-state index contributed by atoms with van der Waals surface area (Å²) in [5.41, 5.74) is 0.236. The molecule has 1 aromatic rings. The second-order valence-electron chi connectivity index (χ2n) is 3.52. The zero-order valence-corrected chi connectivity index (χ0v) is 12.0. The highest BCUT2D eigenvalue weighted by atomic mass is 127. The van der Waals surface area contributed by atoms with E-state index < -0.39 is 4.92 Å². The number of non-ortho nitro benzene ring substituents is 1. The summed E-state index contributed by atoms with van der Waals surface area (Å²) in [7, 11) is 1.59. The average molecular weight is 364 g/mol. The van der Waals surface area contributed by atoms with Crippen molar-refractivity contribution in [3.05, 3.63) is 37.4 Å². The number of nitrogens with one attached hydrogen (secondary N) is 1. The largest absolute Gasteiger partial charge is 0.385 e. The van der Waals surface area contributed by atoms with E-state index in [0.717, 1.165) is 0 Å². The van der Waals surface area contributed by atoms with Crippen molar-refractivity contribution in [3.8, 4) is 0 Å². The van der Waals surface area contributed by atoms with Crippen molar-refractivity contribution < 1.29 is 14.5 Å². The average Bonchev–Trinajstić information content (AvgIpc) is 2.34. The number of ether oxygens (including phenoxy) is 1.